The van der Waals surface area contributed by atoms with E-state index in [0.29, 0.717) is 12.5 Å². The monoisotopic (exact) mass is 313 g/mol. The molecule has 0 radical (unpaired) electrons. The van der Waals surface area contributed by atoms with Gasteiger partial charge in [0.1, 0.15) is 0 Å². The number of benzene rings is 1. The summed E-state index contributed by atoms with van der Waals surface area (Å²) < 4.78 is 0. The summed E-state index contributed by atoms with van der Waals surface area (Å²) >= 11 is 1.67. The van der Waals surface area contributed by atoms with Crippen molar-refractivity contribution >= 4 is 28.1 Å². The van der Waals surface area contributed by atoms with Gasteiger partial charge in [0, 0.05) is 22.7 Å². The van der Waals surface area contributed by atoms with Crippen LogP contribution in [0.3, 0.4) is 0 Å². The van der Waals surface area contributed by atoms with E-state index in [0.717, 1.165) is 27.6 Å². The number of fused-ring (bicyclic) bond motifs is 1. The highest BCUT2D eigenvalue weighted by Crippen LogP contribution is 2.31. The molecule has 0 atom stereocenters. The van der Waals surface area contributed by atoms with Crippen LogP contribution in [0, 0.1) is 0 Å². The van der Waals surface area contributed by atoms with Gasteiger partial charge in [-0.25, -0.2) is 4.98 Å². The van der Waals surface area contributed by atoms with E-state index in [1.54, 1.807) is 11.3 Å². The lowest BCUT2D eigenvalue weighted by Gasteiger charge is -2.22. The van der Waals surface area contributed by atoms with Crippen molar-refractivity contribution in [3.63, 3.8) is 0 Å². The minimum absolute atomic E-state index is 0.0741. The predicted octanol–water partition coefficient (Wildman–Crippen LogP) is 4.05. The molecule has 1 aromatic heterocycles. The number of thiazole rings is 1. The summed E-state index contributed by atoms with van der Waals surface area (Å²) in [5.41, 5.74) is 4.08. The zero-order chi connectivity index (χ0) is 14.9. The number of hydrogen-bond donors (Lipinski definition) is 2. The van der Waals surface area contributed by atoms with E-state index in [-0.39, 0.29) is 5.91 Å². The molecule has 1 aliphatic carbocycles. The minimum Gasteiger partial charge on any atom is -0.359 e. The molecular formula is C17H19N3OS. The molecule has 0 spiro atoms. The maximum absolute atomic E-state index is 11.4. The maximum Gasteiger partial charge on any atom is 0.228 e. The number of carbonyl (C=O) groups excluding carboxylic acids is 1. The lowest BCUT2D eigenvalue weighted by Crippen LogP contribution is -2.21. The maximum atomic E-state index is 11.4. The fraction of sp³-hybridized carbons (Fsp3) is 0.412. The Hall–Kier alpha value is -1.88. The van der Waals surface area contributed by atoms with Crippen molar-refractivity contribution < 1.29 is 4.79 Å². The van der Waals surface area contributed by atoms with Gasteiger partial charge in [0.25, 0.3) is 0 Å². The van der Waals surface area contributed by atoms with Crippen LogP contribution in [0.15, 0.2) is 23.6 Å². The molecule has 5 heteroatoms. The number of carbonyl (C=O) groups is 1. The summed E-state index contributed by atoms with van der Waals surface area (Å²) in [6.45, 7) is 0. The Morgan fingerprint density at radius 2 is 2.09 bits per heavy atom. The first-order valence-electron chi connectivity index (χ1n) is 7.93. The van der Waals surface area contributed by atoms with Crippen molar-refractivity contribution in [3.8, 4) is 11.3 Å². The van der Waals surface area contributed by atoms with Crippen LogP contribution in [0.2, 0.25) is 0 Å². The Kier molecular flexibility index (Phi) is 3.58. The lowest BCUT2D eigenvalue weighted by atomic mass is 9.96. The number of aromatic nitrogens is 1. The predicted molar refractivity (Wildman–Crippen MR) is 90.4 cm³/mol. The average molecular weight is 313 g/mol. The fourth-order valence-electron chi connectivity index (χ4n) is 3.28. The van der Waals surface area contributed by atoms with Crippen LogP contribution < -0.4 is 10.6 Å². The average Bonchev–Trinajstić information content (AvgIpc) is 3.13. The Labute approximate surface area is 134 Å². The molecule has 2 heterocycles. The van der Waals surface area contributed by atoms with E-state index < -0.39 is 0 Å². The second kappa shape index (κ2) is 5.72. The van der Waals surface area contributed by atoms with E-state index in [4.69, 9.17) is 4.98 Å². The van der Waals surface area contributed by atoms with Crippen molar-refractivity contribution in [3.05, 3.63) is 29.1 Å². The molecule has 2 aliphatic rings. The van der Waals surface area contributed by atoms with Gasteiger partial charge in [-0.2, -0.15) is 0 Å². The molecule has 22 heavy (non-hydrogen) atoms. The second-order valence-electron chi connectivity index (χ2n) is 6.11. The number of hydrogen-bond acceptors (Lipinski definition) is 4. The molecule has 2 N–H and O–H groups in total. The molecule has 0 unspecified atom stereocenters. The zero-order valence-corrected chi connectivity index (χ0v) is 13.2. The standard InChI is InChI=1S/C17H19N3OS/c21-16-9-12-8-11(6-7-14(12)19-16)15-10-22-17(20-15)18-13-4-2-1-3-5-13/h6-8,10,13H,1-5,9H2,(H,18,20)(H,19,21). The summed E-state index contributed by atoms with van der Waals surface area (Å²) in [4.78, 5) is 16.2. The highest BCUT2D eigenvalue weighted by molar-refractivity contribution is 7.14. The van der Waals surface area contributed by atoms with E-state index in [9.17, 15) is 4.79 Å². The number of nitrogens with zero attached hydrogens (tertiary/aromatic N) is 1. The quantitative estimate of drug-likeness (QED) is 0.899. The molecule has 114 valence electrons. The zero-order valence-electron chi connectivity index (χ0n) is 12.4. The molecule has 1 saturated carbocycles. The van der Waals surface area contributed by atoms with Crippen LogP contribution >= 0.6 is 11.3 Å². The van der Waals surface area contributed by atoms with Gasteiger partial charge in [-0.1, -0.05) is 25.3 Å². The van der Waals surface area contributed by atoms with Crippen LogP contribution in [-0.4, -0.2) is 16.9 Å². The third kappa shape index (κ3) is 2.73. The molecule has 0 bridgehead atoms. The first-order valence-corrected chi connectivity index (χ1v) is 8.81. The number of nitrogens with one attached hydrogen (secondary N) is 2. The molecule has 0 saturated heterocycles. The molecular weight excluding hydrogens is 294 g/mol. The number of anilines is 2. The van der Waals surface area contributed by atoms with Crippen LogP contribution in [0.25, 0.3) is 11.3 Å². The fourth-order valence-corrected chi connectivity index (χ4v) is 4.08. The highest BCUT2D eigenvalue weighted by atomic mass is 32.1. The Balaban J connectivity index is 1.51. The third-order valence-electron chi connectivity index (χ3n) is 4.46. The van der Waals surface area contributed by atoms with Gasteiger partial charge in [0.2, 0.25) is 5.91 Å². The van der Waals surface area contributed by atoms with Crippen molar-refractivity contribution in [2.75, 3.05) is 10.6 Å². The molecule has 1 aromatic carbocycles. The Morgan fingerprint density at radius 1 is 1.23 bits per heavy atom. The smallest absolute Gasteiger partial charge is 0.228 e. The summed E-state index contributed by atoms with van der Waals surface area (Å²) in [7, 11) is 0. The van der Waals surface area contributed by atoms with Gasteiger partial charge in [-0.3, -0.25) is 4.79 Å². The Morgan fingerprint density at radius 3 is 2.95 bits per heavy atom. The summed E-state index contributed by atoms with van der Waals surface area (Å²) in [6.07, 6.45) is 6.98. The van der Waals surface area contributed by atoms with Crippen LogP contribution in [-0.2, 0) is 11.2 Å². The van der Waals surface area contributed by atoms with E-state index in [1.165, 1.54) is 32.1 Å². The van der Waals surface area contributed by atoms with Crippen LogP contribution in [0.1, 0.15) is 37.7 Å². The summed E-state index contributed by atoms with van der Waals surface area (Å²) in [5.74, 6) is 0.0741. The van der Waals surface area contributed by atoms with Gasteiger partial charge in [-0.05, 0) is 30.5 Å². The minimum atomic E-state index is 0.0741. The number of rotatable bonds is 3. The summed E-state index contributed by atoms with van der Waals surface area (Å²) in [6, 6.07) is 6.66. The molecule has 2 aromatic rings. The highest BCUT2D eigenvalue weighted by Gasteiger charge is 2.19. The normalized spacial score (nSPS) is 18.1. The van der Waals surface area contributed by atoms with Crippen molar-refractivity contribution in [1.82, 2.24) is 4.98 Å². The molecule has 4 rings (SSSR count). The SMILES string of the molecule is O=C1Cc2cc(-c3csc(NC4CCCCC4)n3)ccc2N1. The van der Waals surface area contributed by atoms with Crippen LogP contribution in [0.4, 0.5) is 10.8 Å². The van der Waals surface area contributed by atoms with Gasteiger partial charge >= 0.3 is 0 Å². The van der Waals surface area contributed by atoms with Gasteiger partial charge in [0.05, 0.1) is 12.1 Å². The van der Waals surface area contributed by atoms with E-state index in [1.807, 2.05) is 12.1 Å². The molecule has 4 nitrogen and oxygen atoms in total. The third-order valence-corrected chi connectivity index (χ3v) is 5.24. The van der Waals surface area contributed by atoms with Crippen molar-refractivity contribution in [2.24, 2.45) is 0 Å². The second-order valence-corrected chi connectivity index (χ2v) is 6.97. The largest absolute Gasteiger partial charge is 0.359 e. The first-order chi connectivity index (χ1) is 10.8. The van der Waals surface area contributed by atoms with Gasteiger partial charge in [0.15, 0.2) is 5.13 Å². The molecule has 1 aliphatic heterocycles. The summed E-state index contributed by atoms with van der Waals surface area (Å²) in [5, 5.41) is 9.54. The van der Waals surface area contributed by atoms with Crippen molar-refractivity contribution in [1.29, 1.82) is 0 Å². The van der Waals surface area contributed by atoms with E-state index in [2.05, 4.69) is 22.1 Å². The van der Waals surface area contributed by atoms with Crippen LogP contribution in [0.5, 0.6) is 0 Å². The lowest BCUT2D eigenvalue weighted by molar-refractivity contribution is -0.115. The molecule has 1 fully saturated rings. The van der Waals surface area contributed by atoms with Gasteiger partial charge in [-0.15, -0.1) is 11.3 Å². The Bertz CT molecular complexity index is 704. The number of amides is 1. The van der Waals surface area contributed by atoms with E-state index >= 15 is 0 Å². The molecule has 1 amide bonds. The van der Waals surface area contributed by atoms with Gasteiger partial charge < -0.3 is 10.6 Å². The van der Waals surface area contributed by atoms with Crippen molar-refractivity contribution in [2.45, 2.75) is 44.6 Å². The first kappa shape index (κ1) is 13.8. The topological polar surface area (TPSA) is 54.0 Å².